The van der Waals surface area contributed by atoms with Crippen LogP contribution in [-0.4, -0.2) is 62.2 Å². The highest BCUT2D eigenvalue weighted by molar-refractivity contribution is 5.84. The number of halogens is 5. The Balaban J connectivity index is 4.21. The van der Waals surface area contributed by atoms with Gasteiger partial charge in [0.25, 0.3) is 5.91 Å². The van der Waals surface area contributed by atoms with Crippen LogP contribution in [0.4, 0.5) is 22.0 Å². The second-order valence-electron chi connectivity index (χ2n) is 4.87. The number of nitrogens with zero attached hydrogens (tertiary/aromatic N) is 1. The van der Waals surface area contributed by atoms with Crippen LogP contribution >= 0.6 is 0 Å². The lowest BCUT2D eigenvalue weighted by molar-refractivity contribution is -0.884. The molecule has 0 aromatic carbocycles. The third-order valence-electron chi connectivity index (χ3n) is 2.42. The minimum Gasteiger partial charge on any atom is -0.544 e. The molecule has 10 heteroatoms. The van der Waals surface area contributed by atoms with E-state index in [1.54, 1.807) is 0 Å². The van der Waals surface area contributed by atoms with Crippen LogP contribution in [0.5, 0.6) is 0 Å². The number of aliphatic carboxylic acids is 1. The lowest BCUT2D eigenvalue weighted by Gasteiger charge is -2.30. The molecule has 0 aliphatic rings. The number of nitrogens with one attached hydrogen (secondary N) is 1. The fraction of sp³-hybridized carbons (Fsp3) is 0.800. The second kappa shape index (κ2) is 6.33. The molecule has 0 rings (SSSR count). The Kier molecular flexibility index (Phi) is 5.87. The van der Waals surface area contributed by atoms with Crippen LogP contribution in [0, 0.1) is 0 Å². The number of likely N-dealkylation sites (N-methyl/N-ethyl adjacent to an activating group) is 1. The van der Waals surface area contributed by atoms with Crippen molar-refractivity contribution in [1.82, 2.24) is 5.32 Å². The van der Waals surface area contributed by atoms with Gasteiger partial charge in [-0.1, -0.05) is 0 Å². The zero-order valence-electron chi connectivity index (χ0n) is 10.9. The lowest BCUT2D eigenvalue weighted by atomic mass is 10.3. The summed E-state index contributed by atoms with van der Waals surface area (Å²) in [6.45, 7) is -0.599. The predicted octanol–water partition coefficient (Wildman–Crippen LogP) is -0.483. The Labute approximate surface area is 111 Å². The molecule has 0 spiro atoms. The van der Waals surface area contributed by atoms with E-state index in [0.29, 0.717) is 0 Å². The first-order valence-electron chi connectivity index (χ1n) is 5.54. The van der Waals surface area contributed by atoms with Crippen LogP contribution in [0.15, 0.2) is 0 Å². The second-order valence-corrected chi connectivity index (χ2v) is 4.87. The molecule has 20 heavy (non-hydrogen) atoms. The number of carboxylic acid groups (broad SMARTS) is 1. The first-order valence-corrected chi connectivity index (χ1v) is 5.54. The molecule has 1 N–H and O–H groups in total. The molecule has 0 atom stereocenters. The van der Waals surface area contributed by atoms with Crippen LogP contribution in [0.2, 0.25) is 0 Å². The fourth-order valence-electron chi connectivity index (χ4n) is 1.38. The van der Waals surface area contributed by atoms with Crippen molar-refractivity contribution >= 4 is 11.9 Å². The molecule has 118 valence electrons. The molecule has 1 amide bonds. The van der Waals surface area contributed by atoms with Crippen molar-refractivity contribution in [3.63, 3.8) is 0 Å². The average Bonchev–Trinajstić information content (AvgIpc) is 2.20. The molecule has 0 bridgehead atoms. The first-order chi connectivity index (χ1) is 8.79. The SMILES string of the molecule is C[N+](C)(CCCNC(=O)C(F)(F)C(F)(F)F)CC(=O)[O-]. The zero-order chi connectivity index (χ0) is 16.2. The minimum atomic E-state index is -5.94. The molecule has 0 aromatic rings. The van der Waals surface area contributed by atoms with E-state index >= 15 is 0 Å². The Morgan fingerprint density at radius 3 is 2.05 bits per heavy atom. The summed E-state index contributed by atoms with van der Waals surface area (Å²) in [7, 11) is 3.03. The number of hydrogen-bond donors (Lipinski definition) is 1. The van der Waals surface area contributed by atoms with Gasteiger partial charge in [0, 0.05) is 13.0 Å². The molecule has 0 aromatic heterocycles. The van der Waals surface area contributed by atoms with Crippen molar-refractivity contribution in [3.8, 4) is 0 Å². The molecule has 0 saturated heterocycles. The van der Waals surface area contributed by atoms with Crippen LogP contribution in [0.3, 0.4) is 0 Å². The summed E-state index contributed by atoms with van der Waals surface area (Å²) in [5.41, 5.74) is 0. The third-order valence-corrected chi connectivity index (χ3v) is 2.42. The lowest BCUT2D eigenvalue weighted by Crippen LogP contribution is -2.52. The van der Waals surface area contributed by atoms with Crippen molar-refractivity contribution in [2.24, 2.45) is 0 Å². The summed E-state index contributed by atoms with van der Waals surface area (Å²) in [5, 5.41) is 11.9. The van der Waals surface area contributed by atoms with E-state index in [4.69, 9.17) is 0 Å². The van der Waals surface area contributed by atoms with Gasteiger partial charge in [0.15, 0.2) is 0 Å². The summed E-state index contributed by atoms with van der Waals surface area (Å²) in [6, 6.07) is 0. The normalized spacial score (nSPS) is 13.2. The highest BCUT2D eigenvalue weighted by Crippen LogP contribution is 2.35. The van der Waals surface area contributed by atoms with E-state index in [1.807, 2.05) is 0 Å². The largest absolute Gasteiger partial charge is 0.544 e. The molecule has 0 aliphatic carbocycles. The zero-order valence-corrected chi connectivity index (χ0v) is 10.9. The first kappa shape index (κ1) is 18.6. The predicted molar refractivity (Wildman–Crippen MR) is 55.5 cm³/mol. The van der Waals surface area contributed by atoms with Crippen molar-refractivity contribution < 1.29 is 41.1 Å². The number of rotatable bonds is 7. The van der Waals surface area contributed by atoms with Gasteiger partial charge in [-0.05, 0) is 0 Å². The Morgan fingerprint density at radius 1 is 1.15 bits per heavy atom. The van der Waals surface area contributed by atoms with E-state index in [2.05, 4.69) is 0 Å². The van der Waals surface area contributed by atoms with Gasteiger partial charge >= 0.3 is 12.1 Å². The molecular weight excluding hydrogens is 291 g/mol. The molecule has 5 nitrogen and oxygen atoms in total. The van der Waals surface area contributed by atoms with Gasteiger partial charge in [-0.15, -0.1) is 0 Å². The van der Waals surface area contributed by atoms with Crippen molar-refractivity contribution in [2.75, 3.05) is 33.7 Å². The number of amides is 1. The maximum Gasteiger partial charge on any atom is 0.463 e. The molecule has 0 saturated carbocycles. The molecule has 0 fully saturated rings. The number of quaternary nitrogens is 1. The molecule has 0 unspecified atom stereocenters. The van der Waals surface area contributed by atoms with Gasteiger partial charge in [0.05, 0.1) is 26.6 Å². The number of carboxylic acids is 1. The highest BCUT2D eigenvalue weighted by atomic mass is 19.4. The monoisotopic (exact) mass is 306 g/mol. The topological polar surface area (TPSA) is 69.2 Å². The Bertz CT molecular complexity index is 368. The summed E-state index contributed by atoms with van der Waals surface area (Å²) in [6.07, 6.45) is -5.90. The molecule has 0 aliphatic heterocycles. The Morgan fingerprint density at radius 2 is 1.65 bits per heavy atom. The van der Waals surface area contributed by atoms with Gasteiger partial charge in [0.2, 0.25) is 0 Å². The number of carbonyl (C=O) groups excluding carboxylic acids is 2. The van der Waals surface area contributed by atoms with Gasteiger partial charge in [-0.25, -0.2) is 0 Å². The van der Waals surface area contributed by atoms with E-state index in [0.717, 1.165) is 0 Å². The standard InChI is InChI=1S/C10H15F5N2O3/c1-17(2,6-7(18)19)5-3-4-16-8(20)9(11,12)10(13,14)15/h3-6H2,1-2H3,(H-,16,18,19,20). The van der Waals surface area contributed by atoms with E-state index < -0.39 is 30.5 Å². The minimum absolute atomic E-state index is 0.0416. The van der Waals surface area contributed by atoms with E-state index in [9.17, 15) is 36.6 Å². The summed E-state index contributed by atoms with van der Waals surface area (Å²) in [4.78, 5) is 21.1. The van der Waals surface area contributed by atoms with Gasteiger partial charge in [0.1, 0.15) is 6.54 Å². The van der Waals surface area contributed by atoms with Gasteiger partial charge < -0.3 is 19.7 Å². The van der Waals surface area contributed by atoms with Crippen LogP contribution in [0.25, 0.3) is 0 Å². The van der Waals surface area contributed by atoms with Crippen molar-refractivity contribution in [2.45, 2.75) is 18.5 Å². The highest BCUT2D eigenvalue weighted by Gasteiger charge is 2.63. The fourth-order valence-corrected chi connectivity index (χ4v) is 1.38. The average molecular weight is 306 g/mol. The number of alkyl halides is 5. The smallest absolute Gasteiger partial charge is 0.463 e. The van der Waals surface area contributed by atoms with E-state index in [-0.39, 0.29) is 24.0 Å². The molecule has 0 radical (unpaired) electrons. The maximum atomic E-state index is 12.5. The van der Waals surface area contributed by atoms with Crippen LogP contribution in [-0.2, 0) is 9.59 Å². The van der Waals surface area contributed by atoms with Gasteiger partial charge in [-0.3, -0.25) is 4.79 Å². The Hall–Kier alpha value is -1.45. The van der Waals surface area contributed by atoms with Gasteiger partial charge in [-0.2, -0.15) is 22.0 Å². The van der Waals surface area contributed by atoms with Crippen LogP contribution in [0.1, 0.15) is 6.42 Å². The molecule has 0 heterocycles. The third kappa shape index (κ3) is 5.68. The summed E-state index contributed by atoms with van der Waals surface area (Å²) < 4.78 is 60.5. The maximum absolute atomic E-state index is 12.5. The van der Waals surface area contributed by atoms with Crippen molar-refractivity contribution in [3.05, 3.63) is 0 Å². The van der Waals surface area contributed by atoms with Crippen molar-refractivity contribution in [1.29, 1.82) is 0 Å². The number of carbonyl (C=O) groups is 2. The summed E-state index contributed by atoms with van der Waals surface area (Å²) in [5.74, 6) is -9.18. The quantitative estimate of drug-likeness (QED) is 0.392. The van der Waals surface area contributed by atoms with E-state index in [1.165, 1.54) is 19.4 Å². The van der Waals surface area contributed by atoms with Crippen LogP contribution < -0.4 is 10.4 Å². The number of hydrogen-bond acceptors (Lipinski definition) is 3. The molecular formula is C10H15F5N2O3. The summed E-state index contributed by atoms with van der Waals surface area (Å²) >= 11 is 0.